The highest BCUT2D eigenvalue weighted by molar-refractivity contribution is 7.89. The highest BCUT2D eigenvalue weighted by atomic mass is 32.2. The fraction of sp³-hybridized carbons (Fsp3) is 0.600. The summed E-state index contributed by atoms with van der Waals surface area (Å²) in [7, 11) is -3.48. The SMILES string of the molecule is Cc1ccc(C)c(S(=O)(=O)N2CCC(C(C)C)C2)c1N. The molecule has 1 unspecified atom stereocenters. The lowest BCUT2D eigenvalue weighted by atomic mass is 9.96. The first-order chi connectivity index (χ1) is 9.25. The lowest BCUT2D eigenvalue weighted by Gasteiger charge is -2.21. The second-order valence-electron chi connectivity index (χ2n) is 6.10. The molecule has 0 aliphatic carbocycles. The van der Waals surface area contributed by atoms with E-state index in [0.29, 0.717) is 35.5 Å². The van der Waals surface area contributed by atoms with Crippen LogP contribution in [0.4, 0.5) is 5.69 Å². The quantitative estimate of drug-likeness (QED) is 0.872. The zero-order valence-corrected chi connectivity index (χ0v) is 13.5. The summed E-state index contributed by atoms with van der Waals surface area (Å²) in [5.41, 5.74) is 7.95. The standard InChI is InChI=1S/C15H24N2O2S/c1-10(2)13-7-8-17(9-13)20(18,19)15-12(4)6-5-11(3)14(15)16/h5-6,10,13H,7-9,16H2,1-4H3. The van der Waals surface area contributed by atoms with Crippen LogP contribution in [0, 0.1) is 25.7 Å². The summed E-state index contributed by atoms with van der Waals surface area (Å²) in [5, 5.41) is 0. The summed E-state index contributed by atoms with van der Waals surface area (Å²) in [4.78, 5) is 0.293. The molecule has 1 saturated heterocycles. The molecule has 20 heavy (non-hydrogen) atoms. The second-order valence-corrected chi connectivity index (χ2v) is 7.97. The zero-order valence-electron chi connectivity index (χ0n) is 12.7. The maximum absolute atomic E-state index is 12.8. The molecule has 2 rings (SSSR count). The number of nitrogen functional groups attached to an aromatic ring is 1. The maximum atomic E-state index is 12.8. The van der Waals surface area contributed by atoms with Gasteiger partial charge in [-0.2, -0.15) is 4.31 Å². The molecule has 0 radical (unpaired) electrons. The van der Waals surface area contributed by atoms with Gasteiger partial charge in [0.2, 0.25) is 10.0 Å². The lowest BCUT2D eigenvalue weighted by molar-refractivity contribution is 0.388. The summed E-state index contributed by atoms with van der Waals surface area (Å²) in [6, 6.07) is 3.69. The van der Waals surface area contributed by atoms with Crippen LogP contribution in [0.5, 0.6) is 0 Å². The van der Waals surface area contributed by atoms with Gasteiger partial charge in [0.15, 0.2) is 0 Å². The van der Waals surface area contributed by atoms with E-state index in [0.717, 1.165) is 17.5 Å². The summed E-state index contributed by atoms with van der Waals surface area (Å²) >= 11 is 0. The fourth-order valence-electron chi connectivity index (χ4n) is 2.79. The molecule has 0 aromatic heterocycles. The van der Waals surface area contributed by atoms with Gasteiger partial charge in [-0.1, -0.05) is 26.0 Å². The van der Waals surface area contributed by atoms with E-state index >= 15 is 0 Å². The monoisotopic (exact) mass is 296 g/mol. The van der Waals surface area contributed by atoms with Gasteiger partial charge in [0.1, 0.15) is 4.90 Å². The molecule has 0 bridgehead atoms. The maximum Gasteiger partial charge on any atom is 0.245 e. The molecule has 1 aromatic rings. The van der Waals surface area contributed by atoms with Gasteiger partial charge < -0.3 is 5.73 Å². The van der Waals surface area contributed by atoms with E-state index in [2.05, 4.69) is 13.8 Å². The molecule has 5 heteroatoms. The number of anilines is 1. The Morgan fingerprint density at radius 2 is 1.85 bits per heavy atom. The minimum absolute atomic E-state index is 0.293. The predicted molar refractivity (Wildman–Crippen MR) is 82.0 cm³/mol. The minimum Gasteiger partial charge on any atom is -0.397 e. The van der Waals surface area contributed by atoms with Crippen molar-refractivity contribution in [3.05, 3.63) is 23.3 Å². The van der Waals surface area contributed by atoms with Crippen LogP contribution in [-0.2, 0) is 10.0 Å². The van der Waals surface area contributed by atoms with Gasteiger partial charge in [0, 0.05) is 13.1 Å². The van der Waals surface area contributed by atoms with E-state index in [-0.39, 0.29) is 0 Å². The molecule has 0 amide bonds. The third kappa shape index (κ3) is 2.56. The molecule has 112 valence electrons. The van der Waals surface area contributed by atoms with Crippen molar-refractivity contribution in [3.63, 3.8) is 0 Å². The van der Waals surface area contributed by atoms with E-state index in [1.807, 2.05) is 19.1 Å². The molecule has 1 aliphatic rings. The van der Waals surface area contributed by atoms with Crippen LogP contribution in [0.3, 0.4) is 0 Å². The van der Waals surface area contributed by atoms with E-state index in [9.17, 15) is 8.42 Å². The first-order valence-corrected chi connectivity index (χ1v) is 8.55. The molecule has 4 nitrogen and oxygen atoms in total. The molecule has 0 spiro atoms. The van der Waals surface area contributed by atoms with E-state index in [1.54, 1.807) is 11.2 Å². The number of rotatable bonds is 3. The summed E-state index contributed by atoms with van der Waals surface area (Å²) < 4.78 is 27.3. The van der Waals surface area contributed by atoms with Crippen molar-refractivity contribution in [1.82, 2.24) is 4.31 Å². The summed E-state index contributed by atoms with van der Waals surface area (Å²) in [5.74, 6) is 0.947. The smallest absolute Gasteiger partial charge is 0.245 e. The van der Waals surface area contributed by atoms with Crippen LogP contribution in [0.15, 0.2) is 17.0 Å². The number of hydrogen-bond acceptors (Lipinski definition) is 3. The summed E-state index contributed by atoms with van der Waals surface area (Å²) in [6.45, 7) is 9.14. The van der Waals surface area contributed by atoms with Crippen molar-refractivity contribution >= 4 is 15.7 Å². The molecule has 1 atom stereocenters. The molecule has 1 fully saturated rings. The first-order valence-electron chi connectivity index (χ1n) is 7.11. The Kier molecular flexibility index (Phi) is 4.12. The topological polar surface area (TPSA) is 63.4 Å². The average molecular weight is 296 g/mol. The number of nitrogens with zero attached hydrogens (tertiary/aromatic N) is 1. The summed E-state index contributed by atoms with van der Waals surface area (Å²) in [6.07, 6.45) is 0.932. The normalized spacial score (nSPS) is 20.8. The number of nitrogens with two attached hydrogens (primary N) is 1. The van der Waals surface area contributed by atoms with Crippen molar-refractivity contribution in [2.45, 2.75) is 39.0 Å². The van der Waals surface area contributed by atoms with Crippen molar-refractivity contribution in [2.75, 3.05) is 18.8 Å². The van der Waals surface area contributed by atoms with Crippen molar-refractivity contribution in [2.24, 2.45) is 11.8 Å². The van der Waals surface area contributed by atoms with Gasteiger partial charge in [-0.3, -0.25) is 0 Å². The van der Waals surface area contributed by atoms with Crippen LogP contribution >= 0.6 is 0 Å². The van der Waals surface area contributed by atoms with Crippen molar-refractivity contribution in [3.8, 4) is 0 Å². The Morgan fingerprint density at radius 1 is 1.25 bits per heavy atom. The Hall–Kier alpha value is -1.07. The third-order valence-electron chi connectivity index (χ3n) is 4.34. The Labute approximate surface area is 122 Å². The van der Waals surface area contributed by atoms with Gasteiger partial charge in [0.25, 0.3) is 0 Å². The lowest BCUT2D eigenvalue weighted by Crippen LogP contribution is -2.30. The van der Waals surface area contributed by atoms with Gasteiger partial charge in [-0.15, -0.1) is 0 Å². The van der Waals surface area contributed by atoms with Crippen LogP contribution in [-0.4, -0.2) is 25.8 Å². The zero-order chi connectivity index (χ0) is 15.1. The number of hydrogen-bond donors (Lipinski definition) is 1. The molecule has 2 N–H and O–H groups in total. The van der Waals surface area contributed by atoms with Gasteiger partial charge in [-0.05, 0) is 43.2 Å². The van der Waals surface area contributed by atoms with Crippen molar-refractivity contribution in [1.29, 1.82) is 0 Å². The third-order valence-corrected chi connectivity index (χ3v) is 6.41. The van der Waals surface area contributed by atoms with Gasteiger partial charge in [-0.25, -0.2) is 8.42 Å². The van der Waals surface area contributed by atoms with E-state index in [4.69, 9.17) is 5.73 Å². The predicted octanol–water partition coefficient (Wildman–Crippen LogP) is 2.55. The van der Waals surface area contributed by atoms with E-state index < -0.39 is 10.0 Å². The first kappa shape index (κ1) is 15.3. The van der Waals surface area contributed by atoms with Gasteiger partial charge in [0.05, 0.1) is 5.69 Å². The molecule has 1 aliphatic heterocycles. The molecule has 1 aromatic carbocycles. The molecule has 1 heterocycles. The highest BCUT2D eigenvalue weighted by Crippen LogP contribution is 2.33. The van der Waals surface area contributed by atoms with E-state index in [1.165, 1.54) is 0 Å². The second kappa shape index (κ2) is 5.37. The van der Waals surface area contributed by atoms with Crippen LogP contribution in [0.1, 0.15) is 31.4 Å². The Balaban J connectivity index is 2.40. The Morgan fingerprint density at radius 3 is 2.40 bits per heavy atom. The number of benzene rings is 1. The van der Waals surface area contributed by atoms with Crippen LogP contribution < -0.4 is 5.73 Å². The Bertz CT molecular complexity index is 609. The highest BCUT2D eigenvalue weighted by Gasteiger charge is 2.35. The molecule has 0 saturated carbocycles. The van der Waals surface area contributed by atoms with Crippen molar-refractivity contribution < 1.29 is 8.42 Å². The van der Waals surface area contributed by atoms with Crippen LogP contribution in [0.2, 0.25) is 0 Å². The molecular formula is C15H24N2O2S. The van der Waals surface area contributed by atoms with Crippen LogP contribution in [0.25, 0.3) is 0 Å². The number of sulfonamides is 1. The van der Waals surface area contributed by atoms with Gasteiger partial charge >= 0.3 is 0 Å². The molecular weight excluding hydrogens is 272 g/mol. The minimum atomic E-state index is -3.48. The average Bonchev–Trinajstić information content (AvgIpc) is 2.84. The largest absolute Gasteiger partial charge is 0.397 e. The number of aryl methyl sites for hydroxylation is 2. The fourth-order valence-corrected chi connectivity index (χ4v) is 4.70.